The molecule has 0 saturated carbocycles. The second-order valence-electron chi connectivity index (χ2n) is 6.73. The standard InChI is InChI=1S/C24H14Cl3NO5/c1-31-21-9-7-14(25)11-17(21)22-28-19(24(30)33-22)10-13-4-2-3-5-20(13)32-23(29)16-8-6-15(26)12-18(16)27/h2-12H,1H3/b19-10-. The Morgan fingerprint density at radius 3 is 2.45 bits per heavy atom. The Kier molecular flexibility index (Phi) is 6.70. The van der Waals surface area contributed by atoms with Crippen molar-refractivity contribution in [2.45, 2.75) is 0 Å². The number of hydrogen-bond donors (Lipinski definition) is 0. The third-order valence-corrected chi connectivity index (χ3v) is 5.36. The highest BCUT2D eigenvalue weighted by molar-refractivity contribution is 6.36. The minimum Gasteiger partial charge on any atom is -0.496 e. The van der Waals surface area contributed by atoms with E-state index in [4.69, 9.17) is 49.0 Å². The molecule has 0 radical (unpaired) electrons. The van der Waals surface area contributed by atoms with Crippen molar-refractivity contribution in [3.8, 4) is 11.5 Å². The van der Waals surface area contributed by atoms with E-state index in [1.807, 2.05) is 0 Å². The normalized spacial score (nSPS) is 14.1. The lowest BCUT2D eigenvalue weighted by molar-refractivity contribution is -0.129. The van der Waals surface area contributed by atoms with Crippen molar-refractivity contribution in [2.75, 3.05) is 7.11 Å². The van der Waals surface area contributed by atoms with Crippen molar-refractivity contribution in [2.24, 2.45) is 4.99 Å². The van der Waals surface area contributed by atoms with Gasteiger partial charge in [0.2, 0.25) is 5.90 Å². The van der Waals surface area contributed by atoms with E-state index < -0.39 is 11.9 Å². The van der Waals surface area contributed by atoms with Crippen LogP contribution in [0.15, 0.2) is 71.4 Å². The number of carbonyl (C=O) groups excluding carboxylic acids is 2. The predicted molar refractivity (Wildman–Crippen MR) is 126 cm³/mol. The van der Waals surface area contributed by atoms with E-state index in [-0.39, 0.29) is 27.9 Å². The van der Waals surface area contributed by atoms with Crippen molar-refractivity contribution >= 4 is 58.7 Å². The van der Waals surface area contributed by atoms with Crippen LogP contribution in [0.2, 0.25) is 15.1 Å². The van der Waals surface area contributed by atoms with Gasteiger partial charge in [-0.3, -0.25) is 0 Å². The largest absolute Gasteiger partial charge is 0.496 e. The maximum absolute atomic E-state index is 12.6. The highest BCUT2D eigenvalue weighted by Crippen LogP contribution is 2.30. The molecule has 3 aromatic carbocycles. The third-order valence-electron chi connectivity index (χ3n) is 4.58. The Hall–Kier alpha value is -3.32. The van der Waals surface area contributed by atoms with Gasteiger partial charge in [-0.15, -0.1) is 0 Å². The molecule has 1 aliphatic rings. The summed E-state index contributed by atoms with van der Waals surface area (Å²) in [6, 6.07) is 16.0. The topological polar surface area (TPSA) is 74.2 Å². The number of benzene rings is 3. The van der Waals surface area contributed by atoms with Crippen LogP contribution in [0.4, 0.5) is 0 Å². The molecule has 0 saturated heterocycles. The molecule has 0 aliphatic carbocycles. The van der Waals surface area contributed by atoms with Crippen LogP contribution in [-0.4, -0.2) is 24.9 Å². The lowest BCUT2D eigenvalue weighted by Gasteiger charge is -2.09. The molecule has 0 bridgehead atoms. The number of para-hydroxylation sites is 1. The van der Waals surface area contributed by atoms with Crippen molar-refractivity contribution in [3.05, 3.63) is 98.1 Å². The van der Waals surface area contributed by atoms with Crippen LogP contribution in [0.25, 0.3) is 6.08 Å². The maximum atomic E-state index is 12.6. The molecule has 9 heteroatoms. The van der Waals surface area contributed by atoms with Crippen molar-refractivity contribution in [1.82, 2.24) is 0 Å². The molecule has 0 N–H and O–H groups in total. The first-order valence-electron chi connectivity index (χ1n) is 9.48. The molecule has 1 aliphatic heterocycles. The number of halogens is 3. The Labute approximate surface area is 204 Å². The smallest absolute Gasteiger partial charge is 0.363 e. The first kappa shape index (κ1) is 22.9. The first-order valence-corrected chi connectivity index (χ1v) is 10.6. The number of methoxy groups -OCH3 is 1. The average Bonchev–Trinajstić information content (AvgIpc) is 3.15. The van der Waals surface area contributed by atoms with Crippen LogP contribution in [-0.2, 0) is 9.53 Å². The van der Waals surface area contributed by atoms with E-state index >= 15 is 0 Å². The number of carbonyl (C=O) groups is 2. The van der Waals surface area contributed by atoms with E-state index in [0.717, 1.165) is 0 Å². The fourth-order valence-corrected chi connectivity index (χ4v) is 3.68. The summed E-state index contributed by atoms with van der Waals surface area (Å²) in [6.45, 7) is 0. The first-order chi connectivity index (χ1) is 15.9. The molecule has 4 rings (SSSR count). The summed E-state index contributed by atoms with van der Waals surface area (Å²) < 4.78 is 16.1. The minimum atomic E-state index is -0.677. The van der Waals surface area contributed by atoms with Gasteiger partial charge in [-0.25, -0.2) is 14.6 Å². The summed E-state index contributed by atoms with van der Waals surface area (Å²) in [4.78, 5) is 29.4. The minimum absolute atomic E-state index is 0.0139. The van der Waals surface area contributed by atoms with Gasteiger partial charge in [0.25, 0.3) is 0 Å². The molecule has 0 fully saturated rings. The highest BCUT2D eigenvalue weighted by atomic mass is 35.5. The zero-order valence-electron chi connectivity index (χ0n) is 17.0. The van der Waals surface area contributed by atoms with E-state index in [1.54, 1.807) is 42.5 Å². The monoisotopic (exact) mass is 501 g/mol. The van der Waals surface area contributed by atoms with Crippen LogP contribution >= 0.6 is 34.8 Å². The van der Waals surface area contributed by atoms with Crippen LogP contribution in [0.3, 0.4) is 0 Å². The lowest BCUT2D eigenvalue weighted by Crippen LogP contribution is -2.10. The molecule has 0 unspecified atom stereocenters. The fraction of sp³-hybridized carbons (Fsp3) is 0.0417. The van der Waals surface area contributed by atoms with Gasteiger partial charge in [0.15, 0.2) is 5.70 Å². The Morgan fingerprint density at radius 2 is 1.70 bits per heavy atom. The number of aliphatic imine (C=N–C) groups is 1. The van der Waals surface area contributed by atoms with Gasteiger partial charge in [0.1, 0.15) is 11.5 Å². The molecular weight excluding hydrogens is 489 g/mol. The Balaban J connectivity index is 1.66. The molecule has 1 heterocycles. The molecule has 33 heavy (non-hydrogen) atoms. The van der Waals surface area contributed by atoms with Gasteiger partial charge in [-0.05, 0) is 48.5 Å². The second kappa shape index (κ2) is 9.67. The van der Waals surface area contributed by atoms with E-state index in [1.165, 1.54) is 31.4 Å². The summed E-state index contributed by atoms with van der Waals surface area (Å²) in [6.07, 6.45) is 1.46. The number of ether oxygens (including phenoxy) is 3. The van der Waals surface area contributed by atoms with Gasteiger partial charge in [-0.2, -0.15) is 0 Å². The summed E-state index contributed by atoms with van der Waals surface area (Å²) >= 11 is 18.0. The highest BCUT2D eigenvalue weighted by Gasteiger charge is 2.27. The average molecular weight is 503 g/mol. The molecule has 6 nitrogen and oxygen atoms in total. The Bertz CT molecular complexity index is 1330. The molecule has 3 aromatic rings. The van der Waals surface area contributed by atoms with E-state index in [2.05, 4.69) is 4.99 Å². The van der Waals surface area contributed by atoms with E-state index in [9.17, 15) is 9.59 Å². The van der Waals surface area contributed by atoms with Gasteiger partial charge in [0, 0.05) is 15.6 Å². The zero-order chi connectivity index (χ0) is 23.5. The van der Waals surface area contributed by atoms with Crippen LogP contribution in [0, 0.1) is 0 Å². The van der Waals surface area contributed by atoms with Gasteiger partial charge >= 0.3 is 11.9 Å². The van der Waals surface area contributed by atoms with Crippen LogP contribution in [0.5, 0.6) is 11.5 Å². The summed E-state index contributed by atoms with van der Waals surface area (Å²) in [5.74, 6) is -0.648. The number of nitrogens with zero attached hydrogens (tertiary/aromatic N) is 1. The number of rotatable bonds is 5. The van der Waals surface area contributed by atoms with Crippen LogP contribution < -0.4 is 9.47 Å². The predicted octanol–water partition coefficient (Wildman–Crippen LogP) is 6.22. The number of esters is 2. The summed E-state index contributed by atoms with van der Waals surface area (Å²) in [5.41, 5.74) is 1.03. The number of hydrogen-bond acceptors (Lipinski definition) is 6. The van der Waals surface area contributed by atoms with E-state index in [0.29, 0.717) is 26.9 Å². The van der Waals surface area contributed by atoms with Crippen molar-refractivity contribution in [1.29, 1.82) is 0 Å². The SMILES string of the molecule is COc1ccc(Cl)cc1C1=N/C(=C\c2ccccc2OC(=O)c2ccc(Cl)cc2Cl)C(=O)O1. The van der Waals surface area contributed by atoms with Crippen molar-refractivity contribution in [3.63, 3.8) is 0 Å². The molecule has 166 valence electrons. The summed E-state index contributed by atoms with van der Waals surface area (Å²) in [7, 11) is 1.48. The van der Waals surface area contributed by atoms with Gasteiger partial charge in [-0.1, -0.05) is 53.0 Å². The molecular formula is C24H14Cl3NO5. The molecule has 0 spiro atoms. The fourth-order valence-electron chi connectivity index (χ4n) is 3.02. The molecule has 0 atom stereocenters. The molecule has 0 aromatic heterocycles. The van der Waals surface area contributed by atoms with Crippen LogP contribution in [0.1, 0.15) is 21.5 Å². The summed E-state index contributed by atoms with van der Waals surface area (Å²) in [5, 5.41) is 0.985. The van der Waals surface area contributed by atoms with Gasteiger partial charge < -0.3 is 14.2 Å². The Morgan fingerprint density at radius 1 is 0.970 bits per heavy atom. The molecule has 0 amide bonds. The third kappa shape index (κ3) is 5.03. The maximum Gasteiger partial charge on any atom is 0.363 e. The lowest BCUT2D eigenvalue weighted by atomic mass is 10.1. The van der Waals surface area contributed by atoms with Gasteiger partial charge in [0.05, 0.1) is 23.3 Å². The number of cyclic esters (lactones) is 1. The van der Waals surface area contributed by atoms with Crippen molar-refractivity contribution < 1.29 is 23.8 Å². The quantitative estimate of drug-likeness (QED) is 0.235. The second-order valence-corrected chi connectivity index (χ2v) is 8.01. The zero-order valence-corrected chi connectivity index (χ0v) is 19.2.